The van der Waals surface area contributed by atoms with E-state index in [-0.39, 0.29) is 5.91 Å². The highest BCUT2D eigenvalue weighted by Gasteiger charge is 2.48. The van der Waals surface area contributed by atoms with Crippen LogP contribution in [-0.4, -0.2) is 40.1 Å². The molecule has 0 saturated carbocycles. The second-order valence-electron chi connectivity index (χ2n) is 9.38. The van der Waals surface area contributed by atoms with Crippen molar-refractivity contribution in [1.29, 1.82) is 0 Å². The number of methoxy groups -OCH3 is 1. The van der Waals surface area contributed by atoms with Gasteiger partial charge in [-0.05, 0) is 59.2 Å². The summed E-state index contributed by atoms with van der Waals surface area (Å²) in [5.74, 6) is 1.85. The van der Waals surface area contributed by atoms with Crippen LogP contribution in [0.25, 0.3) is 11.1 Å². The zero-order valence-electron chi connectivity index (χ0n) is 21.3. The summed E-state index contributed by atoms with van der Waals surface area (Å²) in [4.78, 5) is 14.1. The van der Waals surface area contributed by atoms with Crippen LogP contribution in [0.1, 0.15) is 36.0 Å². The number of amides is 1. The summed E-state index contributed by atoms with van der Waals surface area (Å²) in [7, 11) is 3.63. The van der Waals surface area contributed by atoms with E-state index >= 15 is 0 Å². The van der Waals surface area contributed by atoms with Crippen LogP contribution >= 0.6 is 11.8 Å². The first kappa shape index (κ1) is 25.1. The molecule has 0 spiro atoms. The van der Waals surface area contributed by atoms with Gasteiger partial charge in [0, 0.05) is 19.3 Å². The van der Waals surface area contributed by atoms with Crippen molar-refractivity contribution in [3.8, 4) is 16.9 Å². The highest BCUT2D eigenvalue weighted by Crippen LogP contribution is 2.51. The van der Waals surface area contributed by atoms with Gasteiger partial charge < -0.3 is 14.6 Å². The molecule has 0 bridgehead atoms. The van der Waals surface area contributed by atoms with Crippen molar-refractivity contribution >= 4 is 17.7 Å². The number of aromatic nitrogens is 3. The van der Waals surface area contributed by atoms with Crippen LogP contribution in [0.4, 0.5) is 0 Å². The monoisotopic (exact) mass is 512 g/mol. The lowest BCUT2D eigenvalue weighted by Crippen LogP contribution is -2.45. The Bertz CT molecular complexity index is 1320. The summed E-state index contributed by atoms with van der Waals surface area (Å²) in [6, 6.07) is 24.8. The average Bonchev–Trinajstić information content (AvgIpc) is 3.48. The Morgan fingerprint density at radius 2 is 1.65 bits per heavy atom. The number of aryl methyl sites for hydroxylation is 1. The first-order chi connectivity index (χ1) is 18.1. The fraction of sp³-hybridized carbons (Fsp3) is 0.300. The van der Waals surface area contributed by atoms with Gasteiger partial charge in [-0.3, -0.25) is 4.79 Å². The van der Waals surface area contributed by atoms with Gasteiger partial charge in [0.05, 0.1) is 7.11 Å². The molecule has 1 amide bonds. The van der Waals surface area contributed by atoms with Gasteiger partial charge in [0.2, 0.25) is 5.91 Å². The standard InChI is InChI=1S/C30H32N4O2S/c1-34-21-32-33-29(34)37-20-8-7-18-30(28(35)31-19-17-22-13-15-23(36-2)16-14-22)26-11-5-3-9-24(26)25-10-4-6-12-27(25)30/h3-6,9-16,21H,7-8,17-20H2,1-2H3,(H,31,35). The average molecular weight is 513 g/mol. The van der Waals surface area contributed by atoms with Gasteiger partial charge in [-0.1, -0.05) is 78.8 Å². The van der Waals surface area contributed by atoms with E-state index in [1.54, 1.807) is 25.2 Å². The van der Waals surface area contributed by atoms with E-state index in [4.69, 9.17) is 4.74 Å². The van der Waals surface area contributed by atoms with Crippen LogP contribution in [0.2, 0.25) is 0 Å². The Balaban J connectivity index is 1.34. The lowest BCUT2D eigenvalue weighted by atomic mass is 9.73. The number of nitrogens with zero attached hydrogens (tertiary/aromatic N) is 3. The molecule has 4 aromatic rings. The number of rotatable bonds is 11. The molecule has 7 heteroatoms. The van der Waals surface area contributed by atoms with E-state index in [0.717, 1.165) is 64.6 Å². The molecule has 6 nitrogen and oxygen atoms in total. The first-order valence-electron chi connectivity index (χ1n) is 12.7. The highest BCUT2D eigenvalue weighted by atomic mass is 32.2. The molecule has 190 valence electrons. The second kappa shape index (κ2) is 11.2. The molecule has 0 radical (unpaired) electrons. The number of unbranched alkanes of at least 4 members (excludes halogenated alkanes) is 1. The van der Waals surface area contributed by atoms with Crippen LogP contribution in [0.5, 0.6) is 5.75 Å². The quantitative estimate of drug-likeness (QED) is 0.215. The number of benzene rings is 3. The molecule has 37 heavy (non-hydrogen) atoms. The number of ether oxygens (including phenoxy) is 1. The van der Waals surface area contributed by atoms with E-state index < -0.39 is 5.41 Å². The molecule has 0 aliphatic heterocycles. The molecule has 0 atom stereocenters. The van der Waals surface area contributed by atoms with E-state index in [9.17, 15) is 4.79 Å². The van der Waals surface area contributed by atoms with Crippen molar-refractivity contribution in [2.75, 3.05) is 19.4 Å². The Morgan fingerprint density at radius 3 is 2.27 bits per heavy atom. The Morgan fingerprint density at radius 1 is 0.973 bits per heavy atom. The zero-order valence-corrected chi connectivity index (χ0v) is 22.1. The van der Waals surface area contributed by atoms with E-state index in [0.29, 0.717) is 6.54 Å². The van der Waals surface area contributed by atoms with Gasteiger partial charge in [0.25, 0.3) is 0 Å². The topological polar surface area (TPSA) is 69.0 Å². The minimum absolute atomic E-state index is 0.0827. The lowest BCUT2D eigenvalue weighted by Gasteiger charge is -2.31. The maximum atomic E-state index is 14.1. The molecule has 1 N–H and O–H groups in total. The molecule has 3 aromatic carbocycles. The van der Waals surface area contributed by atoms with Gasteiger partial charge in [0.15, 0.2) is 5.16 Å². The van der Waals surface area contributed by atoms with E-state index in [1.807, 2.05) is 35.9 Å². The third kappa shape index (κ3) is 5.01. The summed E-state index contributed by atoms with van der Waals surface area (Å²) >= 11 is 1.71. The number of thioether (sulfide) groups is 1. The minimum Gasteiger partial charge on any atom is -0.497 e. The second-order valence-corrected chi connectivity index (χ2v) is 10.4. The third-order valence-corrected chi connectivity index (χ3v) is 8.28. The van der Waals surface area contributed by atoms with E-state index in [2.05, 4.69) is 64.0 Å². The van der Waals surface area contributed by atoms with Crippen molar-refractivity contribution in [2.24, 2.45) is 7.05 Å². The number of carbonyl (C=O) groups excluding carboxylic acids is 1. The molecule has 1 aliphatic rings. The Labute approximate surface area is 222 Å². The smallest absolute Gasteiger partial charge is 0.235 e. The van der Waals surface area contributed by atoms with Crippen molar-refractivity contribution in [3.63, 3.8) is 0 Å². The van der Waals surface area contributed by atoms with Crippen LogP contribution in [-0.2, 0) is 23.7 Å². The summed E-state index contributed by atoms with van der Waals surface area (Å²) < 4.78 is 7.20. The first-order valence-corrected chi connectivity index (χ1v) is 13.7. The summed E-state index contributed by atoms with van der Waals surface area (Å²) in [6.45, 7) is 0.583. The molecule has 0 saturated heterocycles. The summed E-state index contributed by atoms with van der Waals surface area (Å²) in [5.41, 5.74) is 5.03. The van der Waals surface area contributed by atoms with Crippen LogP contribution in [0.15, 0.2) is 84.3 Å². The highest BCUT2D eigenvalue weighted by molar-refractivity contribution is 7.99. The lowest BCUT2D eigenvalue weighted by molar-refractivity contribution is -0.125. The molecule has 0 unspecified atom stereocenters. The van der Waals surface area contributed by atoms with Crippen molar-refractivity contribution in [2.45, 2.75) is 36.3 Å². The fourth-order valence-electron chi connectivity index (χ4n) is 5.28. The predicted molar refractivity (Wildman–Crippen MR) is 148 cm³/mol. The van der Waals surface area contributed by atoms with Crippen molar-refractivity contribution in [3.05, 3.63) is 95.8 Å². The Kier molecular flexibility index (Phi) is 7.60. The molecule has 1 aliphatic carbocycles. The zero-order chi connectivity index (χ0) is 25.7. The maximum Gasteiger partial charge on any atom is 0.235 e. The van der Waals surface area contributed by atoms with Gasteiger partial charge in [-0.2, -0.15) is 0 Å². The number of nitrogens with one attached hydrogen (secondary N) is 1. The maximum absolute atomic E-state index is 14.1. The fourth-order valence-corrected chi connectivity index (χ4v) is 6.16. The number of fused-ring (bicyclic) bond motifs is 3. The third-order valence-electron chi connectivity index (χ3n) is 7.16. The van der Waals surface area contributed by atoms with Crippen molar-refractivity contribution in [1.82, 2.24) is 20.1 Å². The Hall–Kier alpha value is -3.58. The number of carbonyl (C=O) groups is 1. The van der Waals surface area contributed by atoms with Gasteiger partial charge >= 0.3 is 0 Å². The molecule has 0 fully saturated rings. The molecular weight excluding hydrogens is 480 g/mol. The number of hydrogen-bond donors (Lipinski definition) is 1. The van der Waals surface area contributed by atoms with Gasteiger partial charge in [-0.25, -0.2) is 0 Å². The summed E-state index contributed by atoms with van der Waals surface area (Å²) in [5, 5.41) is 12.3. The normalized spacial score (nSPS) is 13.1. The van der Waals surface area contributed by atoms with Gasteiger partial charge in [0.1, 0.15) is 17.5 Å². The predicted octanol–water partition coefficient (Wildman–Crippen LogP) is 5.41. The minimum atomic E-state index is -0.692. The van der Waals surface area contributed by atoms with Crippen molar-refractivity contribution < 1.29 is 9.53 Å². The SMILES string of the molecule is COc1ccc(CCNC(=O)C2(CCCCSc3nncn3C)c3ccccc3-c3ccccc32)cc1. The molecule has 1 heterocycles. The van der Waals surface area contributed by atoms with Crippen LogP contribution < -0.4 is 10.1 Å². The number of hydrogen-bond acceptors (Lipinski definition) is 5. The molecular formula is C30H32N4O2S. The van der Waals surface area contributed by atoms with Gasteiger partial charge in [-0.15, -0.1) is 10.2 Å². The largest absolute Gasteiger partial charge is 0.497 e. The summed E-state index contributed by atoms with van der Waals surface area (Å²) in [6.07, 6.45) is 5.17. The molecule has 1 aromatic heterocycles. The van der Waals surface area contributed by atoms with E-state index in [1.165, 1.54) is 5.56 Å². The molecule has 5 rings (SSSR count). The van der Waals surface area contributed by atoms with Crippen LogP contribution in [0.3, 0.4) is 0 Å². The van der Waals surface area contributed by atoms with Crippen LogP contribution in [0, 0.1) is 0 Å².